The second kappa shape index (κ2) is 7.48. The van der Waals surface area contributed by atoms with Gasteiger partial charge in [-0.15, -0.1) is 0 Å². The maximum atomic E-state index is 13.2. The molecule has 0 bridgehead atoms. The summed E-state index contributed by atoms with van der Waals surface area (Å²) < 4.78 is 26.0. The van der Waals surface area contributed by atoms with Crippen LogP contribution in [-0.2, 0) is 0 Å². The van der Waals surface area contributed by atoms with Gasteiger partial charge in [0.25, 0.3) is 0 Å². The van der Waals surface area contributed by atoms with Gasteiger partial charge in [-0.1, -0.05) is 27.7 Å². The quantitative estimate of drug-likeness (QED) is 0.710. The zero-order valence-corrected chi connectivity index (χ0v) is 12.6. The lowest BCUT2D eigenvalue weighted by Crippen LogP contribution is -2.35. The molecular weight excluding hydrogens is 260 g/mol. The first-order chi connectivity index (χ1) is 9.29. The molecule has 1 rings (SSSR count). The highest BCUT2D eigenvalue weighted by atomic mass is 19.2. The Hall–Kier alpha value is -1.29. The molecule has 0 aliphatic rings. The van der Waals surface area contributed by atoms with Gasteiger partial charge in [0.15, 0.2) is 17.4 Å². The zero-order chi connectivity index (χ0) is 15.3. The fourth-order valence-electron chi connectivity index (χ4n) is 2.20. The first-order valence-electron chi connectivity index (χ1n) is 7.00. The Morgan fingerprint density at radius 3 is 2.05 bits per heavy atom. The lowest BCUT2D eigenvalue weighted by atomic mass is 10.1. The molecule has 1 aromatic rings. The van der Waals surface area contributed by atoms with Gasteiger partial charge in [0.1, 0.15) is 0 Å². The topological polar surface area (TPSA) is 20.3 Å². The van der Waals surface area contributed by atoms with Crippen LogP contribution in [0.15, 0.2) is 18.2 Å². The van der Waals surface area contributed by atoms with Crippen molar-refractivity contribution in [3.8, 4) is 0 Å². The van der Waals surface area contributed by atoms with Crippen molar-refractivity contribution in [1.82, 2.24) is 4.90 Å². The van der Waals surface area contributed by atoms with E-state index in [1.54, 1.807) is 0 Å². The third-order valence-electron chi connectivity index (χ3n) is 2.86. The van der Waals surface area contributed by atoms with E-state index in [0.29, 0.717) is 11.8 Å². The van der Waals surface area contributed by atoms with Gasteiger partial charge in [-0.2, -0.15) is 0 Å². The van der Waals surface area contributed by atoms with Crippen molar-refractivity contribution in [2.24, 2.45) is 11.8 Å². The smallest absolute Gasteiger partial charge is 0.176 e. The Balaban J connectivity index is 2.76. The van der Waals surface area contributed by atoms with Gasteiger partial charge in [0.2, 0.25) is 0 Å². The average Bonchev–Trinajstić information content (AvgIpc) is 2.30. The van der Waals surface area contributed by atoms with Crippen molar-refractivity contribution in [3.63, 3.8) is 0 Å². The van der Waals surface area contributed by atoms with Crippen LogP contribution in [0.3, 0.4) is 0 Å². The van der Waals surface area contributed by atoms with Crippen LogP contribution in [0.25, 0.3) is 0 Å². The Kier molecular flexibility index (Phi) is 6.27. The van der Waals surface area contributed by atoms with Crippen molar-refractivity contribution < 1.29 is 13.6 Å². The highest BCUT2D eigenvalue weighted by molar-refractivity contribution is 5.97. The van der Waals surface area contributed by atoms with E-state index in [1.807, 2.05) is 0 Å². The number of benzene rings is 1. The number of carbonyl (C=O) groups is 1. The summed E-state index contributed by atoms with van der Waals surface area (Å²) in [5.74, 6) is -1.18. The molecule has 0 aliphatic carbocycles. The lowest BCUT2D eigenvalue weighted by Gasteiger charge is -2.25. The first-order valence-corrected chi connectivity index (χ1v) is 7.00. The summed E-state index contributed by atoms with van der Waals surface area (Å²) in [6.45, 7) is 10.2. The summed E-state index contributed by atoms with van der Waals surface area (Å²) in [7, 11) is 0. The third-order valence-corrected chi connectivity index (χ3v) is 2.86. The van der Waals surface area contributed by atoms with E-state index < -0.39 is 11.6 Å². The van der Waals surface area contributed by atoms with Crippen LogP contribution in [0.1, 0.15) is 38.1 Å². The molecule has 4 heteroatoms. The summed E-state index contributed by atoms with van der Waals surface area (Å²) in [6.07, 6.45) is 0. The van der Waals surface area contributed by atoms with Crippen LogP contribution >= 0.6 is 0 Å². The van der Waals surface area contributed by atoms with Crippen LogP contribution in [0, 0.1) is 23.5 Å². The molecule has 0 spiro atoms. The number of hydrogen-bond donors (Lipinski definition) is 0. The molecule has 0 atom stereocenters. The van der Waals surface area contributed by atoms with E-state index in [2.05, 4.69) is 32.6 Å². The molecule has 20 heavy (non-hydrogen) atoms. The lowest BCUT2D eigenvalue weighted by molar-refractivity contribution is 0.0911. The van der Waals surface area contributed by atoms with Gasteiger partial charge >= 0.3 is 0 Å². The number of hydrogen-bond acceptors (Lipinski definition) is 2. The van der Waals surface area contributed by atoms with Crippen LogP contribution in [0.2, 0.25) is 0 Å². The molecule has 0 heterocycles. The molecule has 2 nitrogen and oxygen atoms in total. The maximum Gasteiger partial charge on any atom is 0.176 e. The maximum absolute atomic E-state index is 13.2. The van der Waals surface area contributed by atoms with Gasteiger partial charge < -0.3 is 0 Å². The van der Waals surface area contributed by atoms with E-state index in [0.717, 1.165) is 25.2 Å². The van der Waals surface area contributed by atoms with E-state index in [9.17, 15) is 13.6 Å². The highest BCUT2D eigenvalue weighted by Gasteiger charge is 2.16. The number of ketones is 1. The monoisotopic (exact) mass is 283 g/mol. The van der Waals surface area contributed by atoms with Crippen molar-refractivity contribution >= 4 is 5.78 Å². The number of nitrogens with zero attached hydrogens (tertiary/aromatic N) is 1. The van der Waals surface area contributed by atoms with Crippen LogP contribution in [-0.4, -0.2) is 30.3 Å². The molecule has 0 N–H and O–H groups in total. The van der Waals surface area contributed by atoms with E-state index in [-0.39, 0.29) is 17.9 Å². The predicted molar refractivity (Wildman–Crippen MR) is 76.8 cm³/mol. The van der Waals surface area contributed by atoms with Crippen LogP contribution < -0.4 is 0 Å². The minimum atomic E-state index is -0.977. The van der Waals surface area contributed by atoms with Crippen molar-refractivity contribution in [3.05, 3.63) is 35.4 Å². The van der Waals surface area contributed by atoms with E-state index >= 15 is 0 Å². The average molecular weight is 283 g/mol. The van der Waals surface area contributed by atoms with Crippen LogP contribution in [0.4, 0.5) is 8.78 Å². The fraction of sp³-hybridized carbons (Fsp3) is 0.562. The van der Waals surface area contributed by atoms with Crippen molar-refractivity contribution in [1.29, 1.82) is 0 Å². The second-order valence-corrected chi connectivity index (χ2v) is 6.03. The minimum absolute atomic E-state index is 0.176. The fourth-order valence-corrected chi connectivity index (χ4v) is 2.20. The Morgan fingerprint density at radius 2 is 1.60 bits per heavy atom. The van der Waals surface area contributed by atoms with Crippen molar-refractivity contribution in [2.45, 2.75) is 27.7 Å². The van der Waals surface area contributed by atoms with Crippen molar-refractivity contribution in [2.75, 3.05) is 19.6 Å². The van der Waals surface area contributed by atoms with Gasteiger partial charge in [-0.3, -0.25) is 9.69 Å². The third kappa shape index (κ3) is 5.37. The molecule has 112 valence electrons. The number of Topliss-reactive ketones (excluding diaryl/α,β-unsaturated/α-hetero) is 1. The summed E-state index contributed by atoms with van der Waals surface area (Å²) in [4.78, 5) is 14.2. The van der Waals surface area contributed by atoms with E-state index in [1.165, 1.54) is 6.07 Å². The molecule has 0 radical (unpaired) electrons. The molecule has 0 saturated heterocycles. The molecule has 0 amide bonds. The summed E-state index contributed by atoms with van der Waals surface area (Å²) >= 11 is 0. The van der Waals surface area contributed by atoms with E-state index in [4.69, 9.17) is 0 Å². The molecule has 0 fully saturated rings. The molecule has 0 saturated carbocycles. The highest BCUT2D eigenvalue weighted by Crippen LogP contribution is 2.11. The Morgan fingerprint density at radius 1 is 1.05 bits per heavy atom. The second-order valence-electron chi connectivity index (χ2n) is 6.03. The largest absolute Gasteiger partial charge is 0.295 e. The number of carbonyl (C=O) groups excluding carboxylic acids is 1. The standard InChI is InChI=1S/C16H23F2NO/c1-11(2)8-19(9-12(3)4)10-16(20)13-5-6-14(17)15(18)7-13/h5-7,11-12H,8-10H2,1-4H3. The first kappa shape index (κ1) is 16.8. The summed E-state index contributed by atoms with van der Waals surface area (Å²) in [5, 5.41) is 0. The Bertz CT molecular complexity index is 448. The SMILES string of the molecule is CC(C)CN(CC(=O)c1ccc(F)c(F)c1)CC(C)C. The summed E-state index contributed by atoms with van der Waals surface area (Å²) in [5.41, 5.74) is 0.224. The summed E-state index contributed by atoms with van der Waals surface area (Å²) in [6, 6.07) is 3.31. The van der Waals surface area contributed by atoms with Gasteiger partial charge in [0.05, 0.1) is 6.54 Å². The molecule has 0 unspecified atom stereocenters. The number of halogens is 2. The molecule has 1 aromatic carbocycles. The normalized spacial score (nSPS) is 11.7. The Labute approximate surface area is 119 Å². The predicted octanol–water partition coefficient (Wildman–Crippen LogP) is 3.76. The van der Waals surface area contributed by atoms with Gasteiger partial charge in [-0.25, -0.2) is 8.78 Å². The molecular formula is C16H23F2NO. The van der Waals surface area contributed by atoms with Gasteiger partial charge in [0, 0.05) is 18.7 Å². The molecule has 0 aliphatic heterocycles. The number of rotatable bonds is 7. The minimum Gasteiger partial charge on any atom is -0.295 e. The zero-order valence-electron chi connectivity index (χ0n) is 12.6. The van der Waals surface area contributed by atoms with Crippen LogP contribution in [0.5, 0.6) is 0 Å². The molecule has 0 aromatic heterocycles. The van der Waals surface area contributed by atoms with Gasteiger partial charge in [-0.05, 0) is 30.0 Å².